The van der Waals surface area contributed by atoms with Gasteiger partial charge in [-0.15, -0.1) is 0 Å². The van der Waals surface area contributed by atoms with E-state index in [-0.39, 0.29) is 11.5 Å². The van der Waals surface area contributed by atoms with Gasteiger partial charge in [-0.25, -0.2) is 0 Å². The molecule has 4 rings (SSSR count). The highest BCUT2D eigenvalue weighted by Gasteiger charge is 2.09. The summed E-state index contributed by atoms with van der Waals surface area (Å²) in [5.74, 6) is 0.873. The smallest absolute Gasteiger partial charge is 0.387 e. The number of benzene rings is 4. The molecular weight excluding hydrogens is 462 g/mol. The molecule has 6 heteroatoms. The van der Waals surface area contributed by atoms with Crippen LogP contribution in [0.3, 0.4) is 0 Å². The molecule has 0 aliphatic heterocycles. The number of carbonyl (C=O) groups excluding carboxylic acids is 1. The van der Waals surface area contributed by atoms with Gasteiger partial charge in [0.25, 0.3) is 0 Å². The zero-order chi connectivity index (χ0) is 25.2. The first-order valence-corrected chi connectivity index (χ1v) is 11.3. The van der Waals surface area contributed by atoms with E-state index in [0.717, 1.165) is 16.7 Å². The van der Waals surface area contributed by atoms with Crippen LogP contribution in [0.25, 0.3) is 6.08 Å². The Morgan fingerprint density at radius 1 is 0.722 bits per heavy atom. The topological polar surface area (TPSA) is 44.8 Å². The van der Waals surface area contributed by atoms with E-state index in [1.165, 1.54) is 30.3 Å². The highest BCUT2D eigenvalue weighted by atomic mass is 19.3. The van der Waals surface area contributed by atoms with Crippen LogP contribution in [0.5, 0.6) is 17.2 Å². The van der Waals surface area contributed by atoms with Gasteiger partial charge in [-0.05, 0) is 59.2 Å². The molecule has 36 heavy (non-hydrogen) atoms. The Balaban J connectivity index is 1.48. The Hall–Kier alpha value is -4.45. The number of rotatable bonds is 11. The first kappa shape index (κ1) is 24.7. The fourth-order valence-corrected chi connectivity index (χ4v) is 3.40. The molecule has 0 saturated heterocycles. The zero-order valence-corrected chi connectivity index (χ0v) is 19.4. The van der Waals surface area contributed by atoms with E-state index < -0.39 is 6.61 Å². The van der Waals surface area contributed by atoms with E-state index in [1.54, 1.807) is 6.08 Å². The summed E-state index contributed by atoms with van der Waals surface area (Å²) in [6, 6.07) is 30.6. The lowest BCUT2D eigenvalue weighted by Gasteiger charge is -2.14. The first-order valence-electron chi connectivity index (χ1n) is 11.3. The van der Waals surface area contributed by atoms with Crippen LogP contribution in [0.4, 0.5) is 8.78 Å². The molecule has 0 radical (unpaired) electrons. The number of hydrogen-bond donors (Lipinski definition) is 0. The van der Waals surface area contributed by atoms with Crippen LogP contribution in [0.15, 0.2) is 109 Å². The van der Waals surface area contributed by atoms with E-state index in [4.69, 9.17) is 9.47 Å². The van der Waals surface area contributed by atoms with Crippen LogP contribution in [-0.2, 0) is 13.2 Å². The molecule has 0 aliphatic carbocycles. The third kappa shape index (κ3) is 7.27. The van der Waals surface area contributed by atoms with Crippen molar-refractivity contribution in [1.82, 2.24) is 0 Å². The van der Waals surface area contributed by atoms with Gasteiger partial charge >= 0.3 is 6.61 Å². The summed E-state index contributed by atoms with van der Waals surface area (Å²) in [5.41, 5.74) is 3.15. The Labute approximate surface area is 208 Å². The molecule has 0 fully saturated rings. The van der Waals surface area contributed by atoms with Crippen molar-refractivity contribution in [2.75, 3.05) is 0 Å². The number of carbonyl (C=O) groups is 1. The highest BCUT2D eigenvalue weighted by molar-refractivity contribution is 6.06. The molecule has 0 atom stereocenters. The van der Waals surface area contributed by atoms with Gasteiger partial charge < -0.3 is 14.2 Å². The van der Waals surface area contributed by atoms with E-state index >= 15 is 0 Å². The standard InChI is InChI=1S/C30H24F2O4/c31-30(32)36-26-15-13-25(14-16-26)27(33)17-11-22-12-18-28(34-20-23-7-3-1-4-8-23)29(19-22)35-21-24-9-5-2-6-10-24/h1-19,30H,20-21H2. The average molecular weight is 487 g/mol. The lowest BCUT2D eigenvalue weighted by Crippen LogP contribution is -2.02. The molecule has 0 amide bonds. The van der Waals surface area contributed by atoms with Crippen molar-refractivity contribution in [2.24, 2.45) is 0 Å². The number of alkyl halides is 2. The van der Waals surface area contributed by atoms with Crippen LogP contribution in [0.1, 0.15) is 27.0 Å². The van der Waals surface area contributed by atoms with Gasteiger partial charge in [0, 0.05) is 5.56 Å². The average Bonchev–Trinajstić information content (AvgIpc) is 2.91. The van der Waals surface area contributed by atoms with Crippen molar-refractivity contribution in [3.05, 3.63) is 131 Å². The molecule has 0 unspecified atom stereocenters. The van der Waals surface area contributed by atoms with Crippen molar-refractivity contribution >= 4 is 11.9 Å². The highest BCUT2D eigenvalue weighted by Crippen LogP contribution is 2.31. The third-order valence-corrected chi connectivity index (χ3v) is 5.23. The van der Waals surface area contributed by atoms with Crippen LogP contribution in [0, 0.1) is 0 Å². The van der Waals surface area contributed by atoms with Gasteiger partial charge in [-0.3, -0.25) is 4.79 Å². The number of allylic oxidation sites excluding steroid dienone is 1. The third-order valence-electron chi connectivity index (χ3n) is 5.23. The Morgan fingerprint density at radius 3 is 1.89 bits per heavy atom. The summed E-state index contributed by atoms with van der Waals surface area (Å²) in [6.07, 6.45) is 3.09. The number of hydrogen-bond acceptors (Lipinski definition) is 4. The molecule has 0 saturated carbocycles. The van der Waals surface area contributed by atoms with Gasteiger partial charge in [0.2, 0.25) is 0 Å². The predicted molar refractivity (Wildman–Crippen MR) is 134 cm³/mol. The quantitative estimate of drug-likeness (QED) is 0.164. The monoisotopic (exact) mass is 486 g/mol. The number of ketones is 1. The second-order valence-electron chi connectivity index (χ2n) is 7.86. The second-order valence-corrected chi connectivity index (χ2v) is 7.86. The van der Waals surface area contributed by atoms with Gasteiger partial charge in [0.05, 0.1) is 0 Å². The fourth-order valence-electron chi connectivity index (χ4n) is 3.40. The number of ether oxygens (including phenoxy) is 3. The predicted octanol–water partition coefficient (Wildman–Crippen LogP) is 7.34. The zero-order valence-electron chi connectivity index (χ0n) is 19.4. The molecule has 0 bridgehead atoms. The van der Waals surface area contributed by atoms with Crippen molar-refractivity contribution in [2.45, 2.75) is 19.8 Å². The molecule has 4 aromatic carbocycles. The molecule has 0 spiro atoms. The largest absolute Gasteiger partial charge is 0.485 e. The van der Waals surface area contributed by atoms with Crippen LogP contribution < -0.4 is 14.2 Å². The summed E-state index contributed by atoms with van der Waals surface area (Å²) in [7, 11) is 0. The van der Waals surface area contributed by atoms with Crippen LogP contribution >= 0.6 is 0 Å². The summed E-state index contributed by atoms with van der Waals surface area (Å²) in [6.45, 7) is -2.16. The van der Waals surface area contributed by atoms with Gasteiger partial charge in [-0.2, -0.15) is 8.78 Å². The molecule has 0 heterocycles. The molecular formula is C30H24F2O4. The lowest BCUT2D eigenvalue weighted by atomic mass is 10.1. The van der Waals surface area contributed by atoms with Gasteiger partial charge in [-0.1, -0.05) is 72.8 Å². The SMILES string of the molecule is O=C(C=Cc1ccc(OCc2ccccc2)c(OCc2ccccc2)c1)c1ccc(OC(F)F)cc1. The first-order chi connectivity index (χ1) is 17.6. The normalized spacial score (nSPS) is 11.0. The summed E-state index contributed by atoms with van der Waals surface area (Å²) >= 11 is 0. The maximum atomic E-state index is 12.5. The summed E-state index contributed by atoms with van der Waals surface area (Å²) in [5, 5.41) is 0. The number of halogens is 2. The Morgan fingerprint density at radius 2 is 1.31 bits per heavy atom. The molecule has 182 valence electrons. The van der Waals surface area contributed by atoms with E-state index in [1.807, 2.05) is 78.9 Å². The molecule has 0 aromatic heterocycles. The second kappa shape index (κ2) is 12.3. The van der Waals surface area contributed by atoms with Gasteiger partial charge in [0.15, 0.2) is 17.3 Å². The molecule has 4 aromatic rings. The van der Waals surface area contributed by atoms with Crippen molar-refractivity contribution in [3.63, 3.8) is 0 Å². The minimum Gasteiger partial charge on any atom is -0.485 e. The van der Waals surface area contributed by atoms with Gasteiger partial charge in [0.1, 0.15) is 19.0 Å². The lowest BCUT2D eigenvalue weighted by molar-refractivity contribution is -0.0498. The molecule has 0 aliphatic rings. The Kier molecular flexibility index (Phi) is 8.44. The minimum absolute atomic E-state index is 0.00294. The van der Waals surface area contributed by atoms with Crippen LogP contribution in [-0.4, -0.2) is 12.4 Å². The van der Waals surface area contributed by atoms with Crippen molar-refractivity contribution in [1.29, 1.82) is 0 Å². The molecule has 0 N–H and O–H groups in total. The van der Waals surface area contributed by atoms with E-state index in [9.17, 15) is 13.6 Å². The van der Waals surface area contributed by atoms with Crippen LogP contribution in [0.2, 0.25) is 0 Å². The minimum atomic E-state index is -2.91. The van der Waals surface area contributed by atoms with Crippen molar-refractivity contribution in [3.8, 4) is 17.2 Å². The summed E-state index contributed by atoms with van der Waals surface area (Å²) in [4.78, 5) is 12.5. The maximum Gasteiger partial charge on any atom is 0.387 e. The fraction of sp³-hybridized carbons (Fsp3) is 0.100. The van der Waals surface area contributed by atoms with E-state index in [0.29, 0.717) is 30.3 Å². The Bertz CT molecular complexity index is 1290. The maximum absolute atomic E-state index is 12.5. The van der Waals surface area contributed by atoms with Crippen molar-refractivity contribution < 1.29 is 27.8 Å². The summed E-state index contributed by atoms with van der Waals surface area (Å²) < 4.78 is 41.0. The van der Waals surface area contributed by atoms with E-state index in [2.05, 4.69) is 4.74 Å². The molecule has 4 nitrogen and oxygen atoms in total.